The van der Waals surface area contributed by atoms with Gasteiger partial charge in [-0.05, 0) is 43.7 Å². The molecule has 148 valence electrons. The third kappa shape index (κ3) is 5.14. The Morgan fingerprint density at radius 2 is 1.44 bits per heavy atom. The Labute approximate surface area is 162 Å². The van der Waals surface area contributed by atoms with E-state index in [0.717, 1.165) is 11.3 Å². The molecular weight excluding hydrogens is 364 g/mol. The third-order valence-electron chi connectivity index (χ3n) is 4.08. The summed E-state index contributed by atoms with van der Waals surface area (Å²) in [6, 6.07) is 12.5. The Kier molecular flexibility index (Phi) is 7.10. The van der Waals surface area contributed by atoms with Crippen LogP contribution in [0.5, 0.6) is 11.5 Å². The molecule has 6 nitrogen and oxygen atoms in total. The highest BCUT2D eigenvalue weighted by molar-refractivity contribution is 7.89. The van der Waals surface area contributed by atoms with E-state index in [1.54, 1.807) is 19.2 Å². The fourth-order valence-corrected chi connectivity index (χ4v) is 3.79. The van der Waals surface area contributed by atoms with E-state index in [4.69, 9.17) is 9.47 Å². The molecule has 0 atom stereocenters. The quantitative estimate of drug-likeness (QED) is 0.655. The van der Waals surface area contributed by atoms with Gasteiger partial charge in [-0.15, -0.1) is 0 Å². The number of hydrogen-bond donors (Lipinski definition) is 0. The van der Waals surface area contributed by atoms with Crippen molar-refractivity contribution in [2.75, 3.05) is 39.3 Å². The van der Waals surface area contributed by atoms with E-state index in [0.29, 0.717) is 24.7 Å². The molecule has 2 aromatic rings. The van der Waals surface area contributed by atoms with Gasteiger partial charge in [0.1, 0.15) is 0 Å². The van der Waals surface area contributed by atoms with Crippen LogP contribution in [0.25, 0.3) is 0 Å². The summed E-state index contributed by atoms with van der Waals surface area (Å²) in [6.07, 6.45) is 0. The highest BCUT2D eigenvalue weighted by Crippen LogP contribution is 2.31. The number of benzene rings is 2. The van der Waals surface area contributed by atoms with Gasteiger partial charge in [-0.1, -0.05) is 12.1 Å². The summed E-state index contributed by atoms with van der Waals surface area (Å²) in [5.74, 6) is 0.976. The van der Waals surface area contributed by atoms with Crippen molar-refractivity contribution in [3.05, 3.63) is 48.0 Å². The first-order chi connectivity index (χ1) is 12.8. The van der Waals surface area contributed by atoms with Crippen LogP contribution in [0.1, 0.15) is 19.4 Å². The van der Waals surface area contributed by atoms with Gasteiger partial charge in [0, 0.05) is 39.4 Å². The largest absolute Gasteiger partial charge is 0.490 e. The maximum atomic E-state index is 13.0. The molecule has 0 aliphatic rings. The average Bonchev–Trinajstić information content (AvgIpc) is 2.63. The monoisotopic (exact) mass is 392 g/mol. The normalized spacial score (nSPS) is 11.5. The Hall–Kier alpha value is -2.25. The first kappa shape index (κ1) is 21.1. The summed E-state index contributed by atoms with van der Waals surface area (Å²) in [5, 5.41) is 0. The summed E-state index contributed by atoms with van der Waals surface area (Å²) in [6.45, 7) is 4.91. The standard InChI is InChI=1S/C20H28N2O4S/c1-6-25-19-13-12-18(14-20(19)26-7-2)27(23,24)22(5)15-16-8-10-17(11-9-16)21(3)4/h8-14H,6-7,15H2,1-5H3. The maximum absolute atomic E-state index is 13.0. The van der Waals surface area contributed by atoms with Gasteiger partial charge in [0.05, 0.1) is 18.1 Å². The molecule has 0 radical (unpaired) electrons. The van der Waals surface area contributed by atoms with Crippen molar-refractivity contribution in [2.24, 2.45) is 0 Å². The van der Waals surface area contributed by atoms with Crippen molar-refractivity contribution in [1.82, 2.24) is 4.31 Å². The molecule has 0 aliphatic heterocycles. The van der Waals surface area contributed by atoms with Crippen LogP contribution in [0.15, 0.2) is 47.4 Å². The van der Waals surface area contributed by atoms with Gasteiger partial charge in [0.25, 0.3) is 0 Å². The fourth-order valence-electron chi connectivity index (χ4n) is 2.61. The summed E-state index contributed by atoms with van der Waals surface area (Å²) in [5.41, 5.74) is 1.99. The van der Waals surface area contributed by atoms with Crippen LogP contribution >= 0.6 is 0 Å². The van der Waals surface area contributed by atoms with Gasteiger partial charge in [0.15, 0.2) is 11.5 Å². The van der Waals surface area contributed by atoms with E-state index >= 15 is 0 Å². The zero-order valence-corrected chi connectivity index (χ0v) is 17.4. The number of rotatable bonds is 9. The molecule has 0 bridgehead atoms. The first-order valence-electron chi connectivity index (χ1n) is 8.91. The van der Waals surface area contributed by atoms with E-state index < -0.39 is 10.0 Å². The molecule has 7 heteroatoms. The molecule has 2 aromatic carbocycles. The molecule has 0 fully saturated rings. The summed E-state index contributed by atoms with van der Waals surface area (Å²) in [4.78, 5) is 2.18. The second kappa shape index (κ2) is 9.10. The number of ether oxygens (including phenoxy) is 2. The lowest BCUT2D eigenvalue weighted by molar-refractivity contribution is 0.287. The van der Waals surface area contributed by atoms with Crippen molar-refractivity contribution < 1.29 is 17.9 Å². The molecule has 0 saturated heterocycles. The van der Waals surface area contributed by atoms with Gasteiger partial charge in [0.2, 0.25) is 10.0 Å². The highest BCUT2D eigenvalue weighted by Gasteiger charge is 2.23. The van der Waals surface area contributed by atoms with Crippen molar-refractivity contribution >= 4 is 15.7 Å². The molecule has 0 heterocycles. The van der Waals surface area contributed by atoms with Crippen LogP contribution in [0.4, 0.5) is 5.69 Å². The number of hydrogen-bond acceptors (Lipinski definition) is 5. The summed E-state index contributed by atoms with van der Waals surface area (Å²) in [7, 11) is 1.86. The Bertz CT molecular complexity index is 849. The van der Waals surface area contributed by atoms with E-state index in [-0.39, 0.29) is 11.4 Å². The van der Waals surface area contributed by atoms with Gasteiger partial charge < -0.3 is 14.4 Å². The van der Waals surface area contributed by atoms with Crippen molar-refractivity contribution in [3.63, 3.8) is 0 Å². The van der Waals surface area contributed by atoms with E-state index in [1.165, 1.54) is 10.4 Å². The second-order valence-electron chi connectivity index (χ2n) is 6.30. The predicted molar refractivity (Wildman–Crippen MR) is 108 cm³/mol. The lowest BCUT2D eigenvalue weighted by Gasteiger charge is -2.19. The second-order valence-corrected chi connectivity index (χ2v) is 8.34. The minimum absolute atomic E-state index is 0.182. The van der Waals surface area contributed by atoms with Crippen molar-refractivity contribution in [3.8, 4) is 11.5 Å². The van der Waals surface area contributed by atoms with Gasteiger partial charge >= 0.3 is 0 Å². The van der Waals surface area contributed by atoms with Crippen molar-refractivity contribution in [2.45, 2.75) is 25.3 Å². The number of sulfonamides is 1. The SMILES string of the molecule is CCOc1ccc(S(=O)(=O)N(C)Cc2ccc(N(C)C)cc2)cc1OCC. The Balaban J connectivity index is 2.24. The number of anilines is 1. The molecule has 0 saturated carbocycles. The van der Waals surface area contributed by atoms with Crippen molar-refractivity contribution in [1.29, 1.82) is 0 Å². The van der Waals surface area contributed by atoms with Crippen LogP contribution in [0, 0.1) is 0 Å². The molecule has 0 amide bonds. The highest BCUT2D eigenvalue weighted by atomic mass is 32.2. The minimum Gasteiger partial charge on any atom is -0.490 e. The smallest absolute Gasteiger partial charge is 0.243 e. The van der Waals surface area contributed by atoms with Crippen LogP contribution in [-0.2, 0) is 16.6 Å². The van der Waals surface area contributed by atoms with Crippen LogP contribution < -0.4 is 14.4 Å². The lowest BCUT2D eigenvalue weighted by atomic mass is 10.2. The minimum atomic E-state index is -3.65. The summed E-state index contributed by atoms with van der Waals surface area (Å²) < 4.78 is 38.3. The Morgan fingerprint density at radius 3 is 2.00 bits per heavy atom. The molecule has 0 N–H and O–H groups in total. The first-order valence-corrected chi connectivity index (χ1v) is 10.4. The van der Waals surface area contributed by atoms with Gasteiger partial charge in [-0.2, -0.15) is 4.31 Å². The maximum Gasteiger partial charge on any atom is 0.243 e. The molecule has 0 unspecified atom stereocenters. The lowest BCUT2D eigenvalue weighted by Crippen LogP contribution is -2.26. The molecular formula is C20H28N2O4S. The molecule has 2 rings (SSSR count). The van der Waals surface area contributed by atoms with Crippen LogP contribution in [-0.4, -0.2) is 47.1 Å². The zero-order chi connectivity index (χ0) is 20.0. The summed E-state index contributed by atoms with van der Waals surface area (Å²) >= 11 is 0. The van der Waals surface area contributed by atoms with Crippen LogP contribution in [0.2, 0.25) is 0 Å². The van der Waals surface area contributed by atoms with Gasteiger partial charge in [-0.25, -0.2) is 8.42 Å². The van der Waals surface area contributed by atoms with Gasteiger partial charge in [-0.3, -0.25) is 0 Å². The van der Waals surface area contributed by atoms with Crippen LogP contribution in [0.3, 0.4) is 0 Å². The van der Waals surface area contributed by atoms with E-state index in [9.17, 15) is 8.42 Å². The number of nitrogens with zero attached hydrogens (tertiary/aromatic N) is 2. The fraction of sp³-hybridized carbons (Fsp3) is 0.400. The third-order valence-corrected chi connectivity index (χ3v) is 5.88. The molecule has 27 heavy (non-hydrogen) atoms. The molecule has 0 spiro atoms. The van der Waals surface area contributed by atoms with E-state index in [2.05, 4.69) is 0 Å². The zero-order valence-electron chi connectivity index (χ0n) is 16.6. The molecule has 0 aromatic heterocycles. The Morgan fingerprint density at radius 1 is 0.852 bits per heavy atom. The van der Waals surface area contributed by atoms with E-state index in [1.807, 2.05) is 57.1 Å². The average molecular weight is 393 g/mol. The predicted octanol–water partition coefficient (Wildman–Crippen LogP) is 3.37. The molecule has 0 aliphatic carbocycles. The topological polar surface area (TPSA) is 59.1 Å².